The van der Waals surface area contributed by atoms with Crippen molar-refractivity contribution >= 4 is 30.4 Å². The third kappa shape index (κ3) is 92.1. The van der Waals surface area contributed by atoms with E-state index in [1.165, 1.54) is 26.7 Å². The molecule has 0 aromatic heterocycles. The molecule has 55 heavy (non-hydrogen) atoms. The fraction of sp³-hybridized carbons (Fsp3) is 1.00. The third-order valence-corrected chi connectivity index (χ3v) is 9.66. The van der Waals surface area contributed by atoms with Gasteiger partial charge in [0.05, 0.1) is 48.8 Å². The molecule has 0 atom stereocenters. The van der Waals surface area contributed by atoms with Crippen molar-refractivity contribution in [2.75, 3.05) is 26.7 Å². The molecule has 0 aliphatic carbocycles. The van der Waals surface area contributed by atoms with Crippen molar-refractivity contribution in [3.63, 3.8) is 0 Å². The van der Waals surface area contributed by atoms with Gasteiger partial charge >= 0.3 is 47.2 Å². The summed E-state index contributed by atoms with van der Waals surface area (Å²) in [6.07, 6.45) is -0.410. The molecule has 0 N–H and O–H groups in total. The first-order chi connectivity index (χ1) is 23.3. The molecule has 0 aliphatic heterocycles. The zero-order chi connectivity index (χ0) is 45.3. The largest absolute Gasteiger partial charge is 2.00 e. The van der Waals surface area contributed by atoms with E-state index < -0.39 is 50.9 Å². The van der Waals surface area contributed by atoms with Crippen LogP contribution >= 0.6 is 30.4 Å². The Morgan fingerprint density at radius 1 is 0.291 bits per heavy atom. The van der Waals surface area contributed by atoms with E-state index in [9.17, 15) is 18.3 Å². The predicted octanol–water partition coefficient (Wildman–Crippen LogP) is 1.12. The molecule has 0 saturated heterocycles. The van der Waals surface area contributed by atoms with E-state index in [-0.39, 0.29) is 65.6 Å². The SMILES string of the molecule is CC(C)OP(C)(=O)OC(C)C.CC(C)OP(C)(=O)OC(C)C.CC(C)OP(C)(=O)OC(C)C.CC(C)OP(C)(=O)OC(C)C.[Co+2].[O-][Cl+3]([O-])([O-])[O-].[O-][Cl+3]([O-])([O-])[O-]. The van der Waals surface area contributed by atoms with Gasteiger partial charge in [-0.25, -0.2) is 37.3 Å². The van der Waals surface area contributed by atoms with E-state index in [1.54, 1.807) is 0 Å². The molecule has 0 heterocycles. The van der Waals surface area contributed by atoms with E-state index in [1.807, 2.05) is 111 Å². The number of hydrogen-bond acceptors (Lipinski definition) is 20. The average Bonchev–Trinajstić information content (AvgIpc) is 2.70. The van der Waals surface area contributed by atoms with Crippen LogP contribution < -0.4 is 37.3 Å². The van der Waals surface area contributed by atoms with Crippen LogP contribution in [0.5, 0.6) is 0 Å². The Morgan fingerprint density at radius 3 is 0.382 bits per heavy atom. The molecule has 0 aliphatic rings. The molecule has 0 bridgehead atoms. The summed E-state index contributed by atoms with van der Waals surface area (Å²) in [5.74, 6) is 0. The molecule has 0 saturated carbocycles. The van der Waals surface area contributed by atoms with Crippen molar-refractivity contribution in [1.29, 1.82) is 0 Å². The molecule has 0 aromatic rings. The van der Waals surface area contributed by atoms with Crippen molar-refractivity contribution < 1.29 is 129 Å². The molecular weight excluding hydrogens is 910 g/mol. The maximum Gasteiger partial charge on any atom is 2.00 e. The summed E-state index contributed by atoms with van der Waals surface area (Å²) in [5.41, 5.74) is 0. The normalized spacial score (nSPS) is 12.6. The monoisotopic (exact) mass is 977 g/mol. The van der Waals surface area contributed by atoms with Gasteiger partial charge in [-0.1, -0.05) is 0 Å². The summed E-state index contributed by atoms with van der Waals surface area (Å²) in [6.45, 7) is 35.3. The van der Waals surface area contributed by atoms with Crippen LogP contribution in [0.4, 0.5) is 0 Å². The zero-order valence-corrected chi connectivity index (χ0v) is 41.8. The second-order valence-electron chi connectivity index (χ2n) is 13.1. The molecule has 343 valence electrons. The maximum absolute atomic E-state index is 11.4. The molecule has 20 nitrogen and oxygen atoms in total. The Kier molecular flexibility index (Phi) is 43.8. The molecule has 0 aromatic carbocycles. The van der Waals surface area contributed by atoms with Crippen molar-refractivity contribution in [1.82, 2.24) is 0 Å². The molecule has 0 fully saturated rings. The summed E-state index contributed by atoms with van der Waals surface area (Å²) >= 11 is 0. The van der Waals surface area contributed by atoms with E-state index in [4.69, 9.17) is 73.5 Å². The first kappa shape index (κ1) is 70.9. The molecule has 0 rings (SSSR count). The number of halogens is 2. The van der Waals surface area contributed by atoms with Gasteiger partial charge in [0.15, 0.2) is 0 Å². The van der Waals surface area contributed by atoms with Gasteiger partial charge in [0.25, 0.3) is 0 Å². The Labute approximate surface area is 344 Å². The van der Waals surface area contributed by atoms with Crippen LogP contribution in [0.3, 0.4) is 0 Å². The number of hydrogen-bond donors (Lipinski definition) is 0. The van der Waals surface area contributed by atoms with Gasteiger partial charge in [0.1, 0.15) is 0 Å². The van der Waals surface area contributed by atoms with Crippen LogP contribution in [0, 0.1) is 20.5 Å². The molecular formula is C28H68Cl2CoO20P4. The number of rotatable bonds is 16. The molecule has 27 heteroatoms. The van der Waals surface area contributed by atoms with Crippen LogP contribution in [0.15, 0.2) is 0 Å². The zero-order valence-electron chi connectivity index (χ0n) is 35.7. The van der Waals surface area contributed by atoms with Gasteiger partial charge in [-0.2, -0.15) is 0 Å². The van der Waals surface area contributed by atoms with Gasteiger partial charge in [0.2, 0.25) is 0 Å². The van der Waals surface area contributed by atoms with Gasteiger partial charge in [-0.15, -0.1) is 20.5 Å². The van der Waals surface area contributed by atoms with Crippen molar-refractivity contribution in [2.24, 2.45) is 0 Å². The van der Waals surface area contributed by atoms with Gasteiger partial charge in [-0.05, 0) is 111 Å². The first-order valence-corrected chi connectivity index (χ1v) is 26.8. The van der Waals surface area contributed by atoms with Crippen molar-refractivity contribution in [3.8, 4) is 0 Å². The maximum atomic E-state index is 11.4. The Balaban J connectivity index is -0.000000103. The summed E-state index contributed by atoms with van der Waals surface area (Å²) in [7, 11) is -21.1. The Morgan fingerprint density at radius 2 is 0.345 bits per heavy atom. The van der Waals surface area contributed by atoms with Gasteiger partial charge in [0, 0.05) is 26.7 Å². The minimum atomic E-state index is -4.94. The summed E-state index contributed by atoms with van der Waals surface area (Å²) < 4.78 is 154. The van der Waals surface area contributed by atoms with Crippen molar-refractivity contribution in [2.45, 2.75) is 160 Å². The second-order valence-corrected chi connectivity index (χ2v) is 22.4. The van der Waals surface area contributed by atoms with E-state index in [0.717, 1.165) is 0 Å². The molecule has 1 radical (unpaired) electrons. The quantitative estimate of drug-likeness (QED) is 0.196. The molecule has 0 amide bonds. The minimum Gasteiger partial charge on any atom is -0.306 e. The Bertz CT molecular complexity index is 878. The minimum absolute atomic E-state index is 0. The first-order valence-electron chi connectivity index (χ1n) is 16.3. The molecule has 0 unspecified atom stereocenters. The van der Waals surface area contributed by atoms with Crippen molar-refractivity contribution in [3.05, 3.63) is 0 Å². The molecule has 0 spiro atoms. The van der Waals surface area contributed by atoms with Crippen LogP contribution in [0.2, 0.25) is 0 Å². The summed E-state index contributed by atoms with van der Waals surface area (Å²) in [4.78, 5) is 0. The second kappa shape index (κ2) is 34.0. The third-order valence-electron chi connectivity index (χ3n) is 3.22. The van der Waals surface area contributed by atoms with E-state index >= 15 is 0 Å². The standard InChI is InChI=1S/4C7H17O3P.2ClHO4.Co/c4*1-6(2)9-11(5,8)10-7(3)4;2*2-1(3,4)5;/h4*6-7H,1-5H3;2*(H,2,3,4,5);/q;;;;;;+2/p-2. The fourth-order valence-electron chi connectivity index (χ4n) is 3.16. The summed E-state index contributed by atoms with van der Waals surface area (Å²) in [6, 6.07) is 0. The van der Waals surface area contributed by atoms with Gasteiger partial charge in [-0.3, -0.25) is 18.3 Å². The summed E-state index contributed by atoms with van der Waals surface area (Å²) in [5, 5.41) is 0. The predicted molar refractivity (Wildman–Crippen MR) is 184 cm³/mol. The van der Waals surface area contributed by atoms with Gasteiger partial charge < -0.3 is 36.2 Å². The fourth-order valence-corrected chi connectivity index (χ4v) is 9.49. The van der Waals surface area contributed by atoms with E-state index in [2.05, 4.69) is 0 Å². The van der Waals surface area contributed by atoms with Crippen LogP contribution in [0.25, 0.3) is 0 Å². The van der Waals surface area contributed by atoms with Crippen LogP contribution in [-0.2, 0) is 71.2 Å². The Hall–Kier alpha value is 1.37. The van der Waals surface area contributed by atoms with E-state index in [0.29, 0.717) is 0 Å². The smallest absolute Gasteiger partial charge is 0.306 e. The topological polar surface area (TPSA) is 327 Å². The average molecular weight is 979 g/mol. The van der Waals surface area contributed by atoms with Crippen LogP contribution in [-0.4, -0.2) is 75.5 Å². The van der Waals surface area contributed by atoms with Crippen LogP contribution in [0.1, 0.15) is 111 Å².